The summed E-state index contributed by atoms with van der Waals surface area (Å²) in [5, 5.41) is 3.04. The number of hydrogen-bond acceptors (Lipinski definition) is 6. The van der Waals surface area contributed by atoms with Crippen LogP contribution >= 0.6 is 11.6 Å². The molecule has 1 aliphatic heterocycles. The van der Waals surface area contributed by atoms with Crippen molar-refractivity contribution in [3.63, 3.8) is 0 Å². The Kier molecular flexibility index (Phi) is 7.57. The fourth-order valence-corrected chi connectivity index (χ4v) is 6.50. The van der Waals surface area contributed by atoms with Crippen molar-refractivity contribution in [2.45, 2.75) is 30.7 Å². The first-order valence-electron chi connectivity index (χ1n) is 10.2. The Morgan fingerprint density at radius 3 is 2.24 bits per heavy atom. The van der Waals surface area contributed by atoms with Gasteiger partial charge in [-0.15, -0.1) is 0 Å². The Labute approximate surface area is 199 Å². The number of amides is 1. The lowest BCUT2D eigenvalue weighted by Gasteiger charge is -2.28. The van der Waals surface area contributed by atoms with Crippen molar-refractivity contribution in [1.82, 2.24) is 4.31 Å². The lowest BCUT2D eigenvalue weighted by atomic mass is 10.2. The van der Waals surface area contributed by atoms with Crippen molar-refractivity contribution in [2.24, 2.45) is 0 Å². The number of halogens is 1. The van der Waals surface area contributed by atoms with E-state index in [4.69, 9.17) is 16.3 Å². The molecule has 1 aliphatic rings. The molecular weight excluding hydrogens is 490 g/mol. The van der Waals surface area contributed by atoms with E-state index in [1.165, 1.54) is 60.8 Å². The number of ether oxygens (including phenoxy) is 1. The summed E-state index contributed by atoms with van der Waals surface area (Å²) >= 11 is 5.90. The zero-order valence-corrected chi connectivity index (χ0v) is 20.9. The van der Waals surface area contributed by atoms with E-state index in [9.17, 15) is 21.6 Å². The van der Waals surface area contributed by atoms with Crippen molar-refractivity contribution in [1.29, 1.82) is 0 Å². The van der Waals surface area contributed by atoms with Crippen LogP contribution in [0.2, 0.25) is 5.02 Å². The Balaban J connectivity index is 1.92. The molecule has 12 heteroatoms. The van der Waals surface area contributed by atoms with Crippen LogP contribution in [-0.2, 0) is 24.8 Å². The second kappa shape index (κ2) is 9.88. The minimum atomic E-state index is -3.83. The van der Waals surface area contributed by atoms with Crippen LogP contribution in [0.5, 0.6) is 5.75 Å². The van der Waals surface area contributed by atoms with Crippen LogP contribution in [0.3, 0.4) is 0 Å². The topological polar surface area (TPSA) is 113 Å². The van der Waals surface area contributed by atoms with Crippen molar-refractivity contribution in [2.75, 3.05) is 36.1 Å². The summed E-state index contributed by atoms with van der Waals surface area (Å²) in [4.78, 5) is 13.1. The van der Waals surface area contributed by atoms with Gasteiger partial charge < -0.3 is 10.1 Å². The third-order valence-electron chi connectivity index (χ3n) is 5.30. The van der Waals surface area contributed by atoms with Gasteiger partial charge in [-0.05, 0) is 62.2 Å². The highest BCUT2D eigenvalue weighted by atomic mass is 35.5. The first kappa shape index (κ1) is 25.3. The van der Waals surface area contributed by atoms with Gasteiger partial charge in [-0.3, -0.25) is 9.10 Å². The maximum Gasteiger partial charge on any atom is 0.248 e. The fourth-order valence-electron chi connectivity index (χ4n) is 3.66. The first-order chi connectivity index (χ1) is 15.4. The maximum absolute atomic E-state index is 13.1. The van der Waals surface area contributed by atoms with E-state index in [0.29, 0.717) is 18.1 Å². The van der Waals surface area contributed by atoms with Crippen LogP contribution in [0, 0.1) is 0 Å². The summed E-state index contributed by atoms with van der Waals surface area (Å²) in [6.07, 6.45) is 2.58. The molecule has 1 saturated heterocycles. The average molecular weight is 516 g/mol. The predicted molar refractivity (Wildman–Crippen MR) is 128 cm³/mol. The van der Waals surface area contributed by atoms with Crippen LogP contribution < -0.4 is 14.4 Å². The SMILES string of the molecule is COc1ccc(S(=O)(=O)N2CCCC2)cc1NC(=O)[C@@H](C)N(c1ccc(Cl)cc1)S(C)(=O)=O. The van der Waals surface area contributed by atoms with Gasteiger partial charge in [0.1, 0.15) is 11.8 Å². The number of rotatable bonds is 8. The molecule has 0 aliphatic carbocycles. The molecule has 0 aromatic heterocycles. The second-order valence-corrected chi connectivity index (χ2v) is 11.9. The molecule has 33 heavy (non-hydrogen) atoms. The van der Waals surface area contributed by atoms with Gasteiger partial charge >= 0.3 is 0 Å². The molecule has 3 rings (SSSR count). The molecule has 0 bridgehead atoms. The summed E-state index contributed by atoms with van der Waals surface area (Å²) in [5.41, 5.74) is 0.390. The molecule has 9 nitrogen and oxygen atoms in total. The molecule has 1 fully saturated rings. The van der Waals surface area contributed by atoms with E-state index in [0.717, 1.165) is 23.4 Å². The summed E-state index contributed by atoms with van der Waals surface area (Å²) in [5.74, 6) is -0.419. The van der Waals surface area contributed by atoms with Crippen molar-refractivity contribution < 1.29 is 26.4 Å². The fraction of sp³-hybridized carbons (Fsp3) is 0.381. The van der Waals surface area contributed by atoms with Gasteiger partial charge in [0.05, 0.1) is 29.6 Å². The quantitative estimate of drug-likeness (QED) is 0.578. The van der Waals surface area contributed by atoms with E-state index in [2.05, 4.69) is 5.32 Å². The van der Waals surface area contributed by atoms with Gasteiger partial charge in [-0.25, -0.2) is 16.8 Å². The maximum atomic E-state index is 13.1. The molecule has 0 saturated carbocycles. The van der Waals surface area contributed by atoms with E-state index < -0.39 is 32.0 Å². The Morgan fingerprint density at radius 1 is 1.09 bits per heavy atom. The van der Waals surface area contributed by atoms with Gasteiger partial charge in [0, 0.05) is 18.1 Å². The lowest BCUT2D eigenvalue weighted by Crippen LogP contribution is -2.45. The lowest BCUT2D eigenvalue weighted by molar-refractivity contribution is -0.116. The summed E-state index contributed by atoms with van der Waals surface area (Å²) in [7, 11) is -6.16. The smallest absolute Gasteiger partial charge is 0.248 e. The number of sulfonamides is 2. The third kappa shape index (κ3) is 5.60. The molecule has 180 valence electrons. The molecular formula is C21H26ClN3O6S2. The Bertz CT molecular complexity index is 1230. The van der Waals surface area contributed by atoms with E-state index >= 15 is 0 Å². The minimum Gasteiger partial charge on any atom is -0.495 e. The third-order valence-corrected chi connectivity index (χ3v) is 8.69. The number of anilines is 2. The van der Waals surface area contributed by atoms with E-state index in [1.807, 2.05) is 0 Å². The number of methoxy groups -OCH3 is 1. The number of nitrogens with one attached hydrogen (secondary N) is 1. The average Bonchev–Trinajstić information content (AvgIpc) is 3.30. The standard InChI is InChI=1S/C21H26ClN3O6S2/c1-15(25(32(3,27)28)17-8-6-16(22)7-9-17)21(26)23-19-14-18(10-11-20(19)31-2)33(29,30)24-12-4-5-13-24/h6-11,14-15H,4-5,12-13H2,1-3H3,(H,23,26)/t15-/m1/s1. The van der Waals surface area contributed by atoms with Crippen molar-refractivity contribution in [3.8, 4) is 5.75 Å². The van der Waals surface area contributed by atoms with Crippen LogP contribution in [0.4, 0.5) is 11.4 Å². The largest absolute Gasteiger partial charge is 0.495 e. The summed E-state index contributed by atoms with van der Waals surface area (Å²) in [6, 6.07) is 9.09. The Hall–Kier alpha value is -2.34. The van der Waals surface area contributed by atoms with E-state index in [-0.39, 0.29) is 22.0 Å². The molecule has 1 amide bonds. The molecule has 1 N–H and O–H groups in total. The molecule has 2 aromatic rings. The number of carbonyl (C=O) groups is 1. The second-order valence-electron chi connectivity index (χ2n) is 7.67. The Morgan fingerprint density at radius 2 is 1.70 bits per heavy atom. The molecule has 1 heterocycles. The zero-order chi connectivity index (χ0) is 24.4. The zero-order valence-electron chi connectivity index (χ0n) is 18.5. The van der Waals surface area contributed by atoms with Gasteiger partial charge in [-0.2, -0.15) is 4.31 Å². The van der Waals surface area contributed by atoms with Gasteiger partial charge in [0.25, 0.3) is 0 Å². The highest BCUT2D eigenvalue weighted by Gasteiger charge is 2.31. The van der Waals surface area contributed by atoms with E-state index in [1.54, 1.807) is 0 Å². The number of carbonyl (C=O) groups excluding carboxylic acids is 1. The first-order valence-corrected chi connectivity index (χ1v) is 13.9. The number of nitrogens with zero attached hydrogens (tertiary/aromatic N) is 2. The predicted octanol–water partition coefficient (Wildman–Crippen LogP) is 2.93. The molecule has 2 aromatic carbocycles. The van der Waals surface area contributed by atoms with Gasteiger partial charge in [-0.1, -0.05) is 11.6 Å². The summed E-state index contributed by atoms with van der Waals surface area (Å²) in [6.45, 7) is 2.32. The van der Waals surface area contributed by atoms with Crippen LogP contribution in [0.25, 0.3) is 0 Å². The minimum absolute atomic E-state index is 0.0193. The summed E-state index contributed by atoms with van der Waals surface area (Å²) < 4.78 is 58.5. The number of benzene rings is 2. The number of hydrogen-bond donors (Lipinski definition) is 1. The highest BCUT2D eigenvalue weighted by Crippen LogP contribution is 2.31. The normalized spacial score (nSPS) is 15.8. The van der Waals surface area contributed by atoms with Crippen molar-refractivity contribution in [3.05, 3.63) is 47.5 Å². The van der Waals surface area contributed by atoms with Crippen LogP contribution in [0.15, 0.2) is 47.4 Å². The van der Waals surface area contributed by atoms with Crippen molar-refractivity contribution >= 4 is 48.9 Å². The van der Waals surface area contributed by atoms with Crippen LogP contribution in [0.1, 0.15) is 19.8 Å². The monoisotopic (exact) mass is 515 g/mol. The highest BCUT2D eigenvalue weighted by molar-refractivity contribution is 7.92. The molecule has 0 spiro atoms. The van der Waals surface area contributed by atoms with Gasteiger partial charge in [0.2, 0.25) is 26.0 Å². The molecule has 1 atom stereocenters. The van der Waals surface area contributed by atoms with Gasteiger partial charge in [0.15, 0.2) is 0 Å². The molecule has 0 unspecified atom stereocenters. The van der Waals surface area contributed by atoms with Crippen LogP contribution in [-0.4, -0.2) is 59.5 Å². The molecule has 0 radical (unpaired) electrons.